The van der Waals surface area contributed by atoms with E-state index in [0.29, 0.717) is 17.1 Å². The van der Waals surface area contributed by atoms with Gasteiger partial charge in [-0.25, -0.2) is 13.4 Å². The Morgan fingerprint density at radius 2 is 2.08 bits per heavy atom. The Kier molecular flexibility index (Phi) is 4.21. The molecule has 6 nitrogen and oxygen atoms in total. The minimum absolute atomic E-state index is 0.201. The molecular weight excluding hydrogens is 370 g/mol. The molecule has 132 valence electrons. The van der Waals surface area contributed by atoms with Gasteiger partial charge in [0.15, 0.2) is 5.13 Å². The highest BCUT2D eigenvalue weighted by Gasteiger charge is 2.19. The van der Waals surface area contributed by atoms with E-state index in [2.05, 4.69) is 14.7 Å². The first-order valence-electron chi connectivity index (χ1n) is 7.96. The van der Waals surface area contributed by atoms with Crippen molar-refractivity contribution in [2.75, 3.05) is 11.3 Å². The van der Waals surface area contributed by atoms with E-state index in [1.165, 1.54) is 11.3 Å². The van der Waals surface area contributed by atoms with Crippen molar-refractivity contribution in [1.29, 1.82) is 0 Å². The fourth-order valence-corrected chi connectivity index (χ4v) is 5.06. The SMILES string of the molecule is CCOc1ccc2nc(NS(=O)(=O)c3cccc4cnccc34)sc2c1. The third-order valence-corrected chi connectivity index (χ3v) is 6.28. The number of thiazole rings is 1. The van der Waals surface area contributed by atoms with E-state index in [4.69, 9.17) is 4.74 Å². The van der Waals surface area contributed by atoms with Crippen LogP contribution in [0.2, 0.25) is 0 Å². The second kappa shape index (κ2) is 6.54. The molecule has 0 unspecified atom stereocenters. The Balaban J connectivity index is 1.72. The Morgan fingerprint density at radius 3 is 2.92 bits per heavy atom. The molecule has 0 bridgehead atoms. The standard InChI is InChI=1S/C18H15N3O3S2/c1-2-24-13-6-7-15-16(10-13)25-18(20-15)21-26(22,23)17-5-3-4-12-11-19-9-8-14(12)17/h3-11H,2H2,1H3,(H,20,21). The van der Waals surface area contributed by atoms with Crippen LogP contribution < -0.4 is 9.46 Å². The predicted molar refractivity (Wildman–Crippen MR) is 103 cm³/mol. The van der Waals surface area contributed by atoms with Gasteiger partial charge in [0.25, 0.3) is 10.0 Å². The first-order valence-corrected chi connectivity index (χ1v) is 10.3. The molecular formula is C18H15N3O3S2. The molecule has 0 saturated carbocycles. The van der Waals surface area contributed by atoms with Crippen molar-refractivity contribution in [3.05, 3.63) is 54.9 Å². The lowest BCUT2D eigenvalue weighted by atomic mass is 10.2. The normalized spacial score (nSPS) is 11.7. The summed E-state index contributed by atoms with van der Waals surface area (Å²) >= 11 is 1.27. The number of hydrogen-bond donors (Lipinski definition) is 1. The molecule has 4 rings (SSSR count). The number of nitrogens with one attached hydrogen (secondary N) is 1. The number of aromatic nitrogens is 2. The van der Waals surface area contributed by atoms with Crippen molar-refractivity contribution in [2.45, 2.75) is 11.8 Å². The number of benzene rings is 2. The van der Waals surface area contributed by atoms with Gasteiger partial charge in [0, 0.05) is 23.2 Å². The number of sulfonamides is 1. The minimum atomic E-state index is -3.77. The molecule has 0 amide bonds. The number of nitrogens with zero attached hydrogens (tertiary/aromatic N) is 2. The number of hydrogen-bond acceptors (Lipinski definition) is 6. The van der Waals surface area contributed by atoms with Crippen LogP contribution in [-0.2, 0) is 10.0 Å². The van der Waals surface area contributed by atoms with Gasteiger partial charge in [0.2, 0.25) is 0 Å². The molecule has 4 aromatic rings. The molecule has 0 atom stereocenters. The maximum Gasteiger partial charge on any atom is 0.264 e. The quantitative estimate of drug-likeness (QED) is 0.561. The van der Waals surface area contributed by atoms with Gasteiger partial charge in [-0.2, -0.15) is 0 Å². The van der Waals surface area contributed by atoms with Crippen molar-refractivity contribution in [3.8, 4) is 5.75 Å². The summed E-state index contributed by atoms with van der Waals surface area (Å²) in [6.45, 7) is 2.48. The van der Waals surface area contributed by atoms with E-state index in [-0.39, 0.29) is 4.90 Å². The third kappa shape index (κ3) is 3.09. The second-order valence-corrected chi connectivity index (χ2v) is 8.22. The fourth-order valence-electron chi connectivity index (χ4n) is 2.70. The van der Waals surface area contributed by atoms with E-state index < -0.39 is 10.0 Å². The van der Waals surface area contributed by atoms with E-state index in [1.807, 2.05) is 31.2 Å². The minimum Gasteiger partial charge on any atom is -0.494 e. The highest BCUT2D eigenvalue weighted by atomic mass is 32.2. The van der Waals surface area contributed by atoms with Gasteiger partial charge in [0.05, 0.1) is 21.7 Å². The Labute approximate surface area is 154 Å². The van der Waals surface area contributed by atoms with Crippen LogP contribution in [0.4, 0.5) is 5.13 Å². The van der Waals surface area contributed by atoms with Crippen LogP contribution in [0.25, 0.3) is 21.0 Å². The lowest BCUT2D eigenvalue weighted by molar-refractivity contribution is 0.341. The van der Waals surface area contributed by atoms with Crippen LogP contribution in [0.5, 0.6) is 5.75 Å². The molecule has 0 radical (unpaired) electrons. The van der Waals surface area contributed by atoms with Crippen molar-refractivity contribution in [2.24, 2.45) is 0 Å². The molecule has 2 aromatic carbocycles. The van der Waals surface area contributed by atoms with E-state index in [9.17, 15) is 8.42 Å². The summed E-state index contributed by atoms with van der Waals surface area (Å²) in [5.74, 6) is 0.736. The summed E-state index contributed by atoms with van der Waals surface area (Å²) in [6, 6.07) is 12.3. The fraction of sp³-hybridized carbons (Fsp3) is 0.111. The first kappa shape index (κ1) is 16.7. The van der Waals surface area contributed by atoms with E-state index in [0.717, 1.165) is 21.4 Å². The number of ether oxygens (including phenoxy) is 1. The van der Waals surface area contributed by atoms with E-state index >= 15 is 0 Å². The summed E-state index contributed by atoms with van der Waals surface area (Å²) in [5.41, 5.74) is 0.721. The van der Waals surface area contributed by atoms with Gasteiger partial charge < -0.3 is 4.74 Å². The summed E-state index contributed by atoms with van der Waals surface area (Å²) < 4.78 is 34.7. The summed E-state index contributed by atoms with van der Waals surface area (Å²) in [7, 11) is -3.77. The second-order valence-electron chi connectivity index (χ2n) is 5.54. The van der Waals surface area contributed by atoms with Gasteiger partial charge in [-0.15, -0.1) is 0 Å². The van der Waals surface area contributed by atoms with Crippen LogP contribution in [0, 0.1) is 0 Å². The molecule has 0 aliphatic rings. The van der Waals surface area contributed by atoms with Gasteiger partial charge in [-0.05, 0) is 37.3 Å². The average molecular weight is 385 g/mol. The maximum atomic E-state index is 12.9. The number of pyridine rings is 1. The molecule has 0 saturated heterocycles. The van der Waals surface area contributed by atoms with Crippen LogP contribution in [-0.4, -0.2) is 25.0 Å². The molecule has 0 aliphatic carbocycles. The molecule has 0 aliphatic heterocycles. The average Bonchev–Trinajstić information content (AvgIpc) is 3.02. The van der Waals surface area contributed by atoms with Crippen LogP contribution in [0.15, 0.2) is 59.8 Å². The summed E-state index contributed by atoms with van der Waals surface area (Å²) in [6.07, 6.45) is 3.22. The zero-order valence-corrected chi connectivity index (χ0v) is 15.5. The van der Waals surface area contributed by atoms with Crippen LogP contribution >= 0.6 is 11.3 Å². The number of anilines is 1. The van der Waals surface area contributed by atoms with Gasteiger partial charge in [-0.1, -0.05) is 23.5 Å². The highest BCUT2D eigenvalue weighted by molar-refractivity contribution is 7.93. The molecule has 8 heteroatoms. The predicted octanol–water partition coefficient (Wildman–Crippen LogP) is 4.04. The monoisotopic (exact) mass is 385 g/mol. The largest absolute Gasteiger partial charge is 0.494 e. The summed E-state index contributed by atoms with van der Waals surface area (Å²) in [4.78, 5) is 8.60. The molecule has 2 heterocycles. The lowest BCUT2D eigenvalue weighted by Gasteiger charge is -2.08. The zero-order valence-electron chi connectivity index (χ0n) is 13.8. The van der Waals surface area contributed by atoms with E-state index in [1.54, 1.807) is 30.6 Å². The van der Waals surface area contributed by atoms with Crippen molar-refractivity contribution < 1.29 is 13.2 Å². The van der Waals surface area contributed by atoms with Crippen molar-refractivity contribution in [1.82, 2.24) is 9.97 Å². The lowest BCUT2D eigenvalue weighted by Crippen LogP contribution is -2.13. The maximum absolute atomic E-state index is 12.9. The Hall–Kier alpha value is -2.71. The van der Waals surface area contributed by atoms with Crippen LogP contribution in [0.3, 0.4) is 0 Å². The first-order chi connectivity index (χ1) is 12.6. The smallest absolute Gasteiger partial charge is 0.264 e. The van der Waals surface area contributed by atoms with Crippen LogP contribution in [0.1, 0.15) is 6.92 Å². The Morgan fingerprint density at radius 1 is 1.19 bits per heavy atom. The zero-order chi connectivity index (χ0) is 18.1. The van der Waals surface area contributed by atoms with Crippen molar-refractivity contribution in [3.63, 3.8) is 0 Å². The topological polar surface area (TPSA) is 81.2 Å². The molecule has 1 N–H and O–H groups in total. The number of fused-ring (bicyclic) bond motifs is 2. The number of rotatable bonds is 5. The summed E-state index contributed by atoms with van der Waals surface area (Å²) in [5, 5.41) is 1.70. The molecule has 26 heavy (non-hydrogen) atoms. The molecule has 0 fully saturated rings. The highest BCUT2D eigenvalue weighted by Crippen LogP contribution is 2.31. The van der Waals surface area contributed by atoms with Gasteiger partial charge in [-0.3, -0.25) is 9.71 Å². The van der Waals surface area contributed by atoms with Gasteiger partial charge >= 0.3 is 0 Å². The van der Waals surface area contributed by atoms with Gasteiger partial charge in [0.1, 0.15) is 5.75 Å². The molecule has 2 aromatic heterocycles. The Bertz CT molecular complexity index is 1200. The third-order valence-electron chi connectivity index (χ3n) is 3.82. The van der Waals surface area contributed by atoms with Crippen molar-refractivity contribution >= 4 is 47.5 Å². The molecule has 0 spiro atoms.